The molecule has 1 atom stereocenters. The lowest BCUT2D eigenvalue weighted by molar-refractivity contribution is -0.135. The Hall–Kier alpha value is -2.30. The maximum Gasteiger partial charge on any atom is 0.225 e. The first-order valence-electron chi connectivity index (χ1n) is 8.56. The second-order valence-corrected chi connectivity index (χ2v) is 6.80. The average Bonchev–Trinajstić information content (AvgIpc) is 2.99. The molecular formula is C19H25N3O2. The highest BCUT2D eigenvalue weighted by atomic mass is 16.5. The quantitative estimate of drug-likeness (QED) is 0.936. The number of nitrogens with two attached hydrogens (primary N) is 1. The minimum absolute atomic E-state index is 0.0194. The summed E-state index contributed by atoms with van der Waals surface area (Å²) in [6.45, 7) is 7.13. The fourth-order valence-corrected chi connectivity index (χ4v) is 3.36. The van der Waals surface area contributed by atoms with E-state index in [0.29, 0.717) is 12.3 Å². The predicted octanol–water partition coefficient (Wildman–Crippen LogP) is 3.15. The molecule has 1 aromatic heterocycles. The monoisotopic (exact) mass is 327 g/mol. The van der Waals surface area contributed by atoms with Gasteiger partial charge in [0, 0.05) is 23.8 Å². The molecule has 1 unspecified atom stereocenters. The van der Waals surface area contributed by atoms with Gasteiger partial charge in [-0.1, -0.05) is 19.9 Å². The van der Waals surface area contributed by atoms with E-state index in [1.807, 2.05) is 49.9 Å². The number of aryl methyl sites for hydroxylation is 1. The van der Waals surface area contributed by atoms with Gasteiger partial charge in [0.15, 0.2) is 0 Å². The fraction of sp³-hybridized carbons (Fsp3) is 0.474. The molecule has 5 heteroatoms. The van der Waals surface area contributed by atoms with Crippen LogP contribution < -0.4 is 10.5 Å². The number of hydrogen-bond acceptors (Lipinski definition) is 4. The third-order valence-electron chi connectivity index (χ3n) is 4.54. The first-order chi connectivity index (χ1) is 11.5. The number of ether oxygens (including phenoxy) is 1. The van der Waals surface area contributed by atoms with Crippen LogP contribution in [0.3, 0.4) is 0 Å². The molecule has 3 rings (SSSR count). The molecule has 0 aliphatic carbocycles. The van der Waals surface area contributed by atoms with Crippen molar-refractivity contribution in [1.82, 2.24) is 9.88 Å². The number of aromatic nitrogens is 1. The van der Waals surface area contributed by atoms with E-state index >= 15 is 0 Å². The second kappa shape index (κ2) is 6.67. The van der Waals surface area contributed by atoms with Crippen LogP contribution in [-0.4, -0.2) is 35.0 Å². The number of fused-ring (bicyclic) bond motifs is 1. The van der Waals surface area contributed by atoms with Crippen molar-refractivity contribution in [3.63, 3.8) is 0 Å². The van der Waals surface area contributed by atoms with Crippen LogP contribution in [-0.2, 0) is 4.79 Å². The Labute approximate surface area is 142 Å². The van der Waals surface area contributed by atoms with Crippen LogP contribution in [0, 0.1) is 12.8 Å². The molecule has 0 bridgehead atoms. The third kappa shape index (κ3) is 3.16. The molecule has 0 radical (unpaired) electrons. The minimum atomic E-state index is 0.0194. The van der Waals surface area contributed by atoms with Crippen LogP contribution >= 0.6 is 0 Å². The standard InChI is InChI=1S/C19H25N3O2/c1-12(2)19(23)22-9-5-6-14(22)11-24-17-8-4-7-16-18(17)15(20)10-13(3)21-16/h4,7-8,10,12,14H,5-6,9,11H2,1-3H3,(H2,20,21). The molecule has 2 heterocycles. The number of nitrogens with zero attached hydrogens (tertiary/aromatic N) is 2. The number of nitrogen functional groups attached to an aromatic ring is 1. The molecule has 1 aliphatic heterocycles. The summed E-state index contributed by atoms with van der Waals surface area (Å²) in [4.78, 5) is 18.8. The van der Waals surface area contributed by atoms with Crippen molar-refractivity contribution in [2.75, 3.05) is 18.9 Å². The number of hydrogen-bond donors (Lipinski definition) is 1. The van der Waals surface area contributed by atoms with E-state index in [9.17, 15) is 4.79 Å². The van der Waals surface area contributed by atoms with E-state index in [4.69, 9.17) is 10.5 Å². The van der Waals surface area contributed by atoms with E-state index < -0.39 is 0 Å². The van der Waals surface area contributed by atoms with Gasteiger partial charge in [-0.15, -0.1) is 0 Å². The summed E-state index contributed by atoms with van der Waals surface area (Å²) in [5.41, 5.74) is 8.58. The predicted molar refractivity (Wildman–Crippen MR) is 96.0 cm³/mol. The van der Waals surface area contributed by atoms with Gasteiger partial charge in [-0.3, -0.25) is 9.78 Å². The van der Waals surface area contributed by atoms with E-state index in [2.05, 4.69) is 4.98 Å². The number of amides is 1. The summed E-state index contributed by atoms with van der Waals surface area (Å²) in [6.07, 6.45) is 2.01. The molecule has 128 valence electrons. The van der Waals surface area contributed by atoms with Crippen molar-refractivity contribution in [2.45, 2.75) is 39.7 Å². The Morgan fingerprint density at radius 1 is 1.46 bits per heavy atom. The molecule has 5 nitrogen and oxygen atoms in total. The Balaban J connectivity index is 1.80. The highest BCUT2D eigenvalue weighted by Crippen LogP contribution is 2.31. The van der Waals surface area contributed by atoms with Crippen molar-refractivity contribution >= 4 is 22.5 Å². The molecule has 2 aromatic rings. The van der Waals surface area contributed by atoms with E-state index in [1.165, 1.54) is 0 Å². The van der Waals surface area contributed by atoms with Crippen LogP contribution in [0.5, 0.6) is 5.75 Å². The Morgan fingerprint density at radius 2 is 2.25 bits per heavy atom. The highest BCUT2D eigenvalue weighted by molar-refractivity contribution is 5.95. The SMILES string of the molecule is Cc1cc(N)c2c(OCC3CCCN3C(=O)C(C)C)cccc2n1. The summed E-state index contributed by atoms with van der Waals surface area (Å²) in [6, 6.07) is 7.78. The normalized spacial score (nSPS) is 17.7. The van der Waals surface area contributed by atoms with Gasteiger partial charge in [0.05, 0.1) is 16.9 Å². The van der Waals surface area contributed by atoms with Gasteiger partial charge in [-0.25, -0.2) is 0 Å². The van der Waals surface area contributed by atoms with Crippen molar-refractivity contribution in [2.24, 2.45) is 5.92 Å². The second-order valence-electron chi connectivity index (χ2n) is 6.80. The lowest BCUT2D eigenvalue weighted by Crippen LogP contribution is -2.41. The third-order valence-corrected chi connectivity index (χ3v) is 4.54. The van der Waals surface area contributed by atoms with Crippen LogP contribution in [0.2, 0.25) is 0 Å². The molecule has 1 amide bonds. The summed E-state index contributed by atoms with van der Waals surface area (Å²) in [5.74, 6) is 0.961. The zero-order chi connectivity index (χ0) is 17.3. The first kappa shape index (κ1) is 16.6. The van der Waals surface area contributed by atoms with Gasteiger partial charge in [0.25, 0.3) is 0 Å². The average molecular weight is 327 g/mol. The number of carbonyl (C=O) groups excluding carboxylic acids is 1. The zero-order valence-electron chi connectivity index (χ0n) is 14.6. The van der Waals surface area contributed by atoms with Gasteiger partial charge < -0.3 is 15.4 Å². The van der Waals surface area contributed by atoms with Gasteiger partial charge in [0.1, 0.15) is 12.4 Å². The number of rotatable bonds is 4. The molecule has 1 fully saturated rings. The summed E-state index contributed by atoms with van der Waals surface area (Å²) >= 11 is 0. The van der Waals surface area contributed by atoms with E-state index in [0.717, 1.165) is 41.7 Å². The lowest BCUT2D eigenvalue weighted by atomic mass is 10.1. The molecule has 1 aromatic carbocycles. The van der Waals surface area contributed by atoms with E-state index in [1.54, 1.807) is 0 Å². The minimum Gasteiger partial charge on any atom is -0.491 e. The summed E-state index contributed by atoms with van der Waals surface area (Å²) in [7, 11) is 0. The lowest BCUT2D eigenvalue weighted by Gasteiger charge is -2.26. The van der Waals surface area contributed by atoms with Crippen LogP contribution in [0.4, 0.5) is 5.69 Å². The molecule has 0 saturated carbocycles. The molecular weight excluding hydrogens is 302 g/mol. The fourth-order valence-electron chi connectivity index (χ4n) is 3.36. The van der Waals surface area contributed by atoms with Crippen molar-refractivity contribution in [1.29, 1.82) is 0 Å². The maximum atomic E-state index is 12.3. The number of pyridine rings is 1. The zero-order valence-corrected chi connectivity index (χ0v) is 14.6. The number of anilines is 1. The topological polar surface area (TPSA) is 68.5 Å². The largest absolute Gasteiger partial charge is 0.491 e. The number of likely N-dealkylation sites (tertiary alicyclic amines) is 1. The van der Waals surface area contributed by atoms with Crippen LogP contribution in [0.15, 0.2) is 24.3 Å². The summed E-state index contributed by atoms with van der Waals surface area (Å²) in [5, 5.41) is 0.850. The number of benzene rings is 1. The van der Waals surface area contributed by atoms with Crippen molar-refractivity contribution < 1.29 is 9.53 Å². The molecule has 1 aliphatic rings. The molecule has 24 heavy (non-hydrogen) atoms. The van der Waals surface area contributed by atoms with Gasteiger partial charge >= 0.3 is 0 Å². The Morgan fingerprint density at radius 3 is 3.00 bits per heavy atom. The highest BCUT2D eigenvalue weighted by Gasteiger charge is 2.30. The molecule has 1 saturated heterocycles. The smallest absolute Gasteiger partial charge is 0.225 e. The summed E-state index contributed by atoms with van der Waals surface area (Å²) < 4.78 is 6.07. The van der Waals surface area contributed by atoms with Crippen LogP contribution in [0.25, 0.3) is 10.9 Å². The van der Waals surface area contributed by atoms with Crippen molar-refractivity contribution in [3.05, 3.63) is 30.0 Å². The number of carbonyl (C=O) groups is 1. The molecule has 0 spiro atoms. The Bertz CT molecular complexity index is 758. The van der Waals surface area contributed by atoms with Crippen LogP contribution in [0.1, 0.15) is 32.4 Å². The first-order valence-corrected chi connectivity index (χ1v) is 8.56. The van der Waals surface area contributed by atoms with Gasteiger partial charge in [-0.2, -0.15) is 0 Å². The molecule has 2 N–H and O–H groups in total. The van der Waals surface area contributed by atoms with Gasteiger partial charge in [-0.05, 0) is 38.0 Å². The Kier molecular flexibility index (Phi) is 4.60. The maximum absolute atomic E-state index is 12.3. The van der Waals surface area contributed by atoms with Crippen molar-refractivity contribution in [3.8, 4) is 5.75 Å². The van der Waals surface area contributed by atoms with Gasteiger partial charge in [0.2, 0.25) is 5.91 Å². The van der Waals surface area contributed by atoms with E-state index in [-0.39, 0.29) is 17.9 Å².